The van der Waals surface area contributed by atoms with Crippen molar-refractivity contribution in [3.05, 3.63) is 29.8 Å². The van der Waals surface area contributed by atoms with Crippen molar-refractivity contribution in [1.82, 2.24) is 5.32 Å². The second kappa shape index (κ2) is 7.60. The molecule has 0 fully saturated rings. The minimum absolute atomic E-state index is 0.332. The van der Waals surface area contributed by atoms with Crippen LogP contribution in [0.25, 0.3) is 0 Å². The number of aromatic hydroxyl groups is 1. The van der Waals surface area contributed by atoms with Crippen molar-refractivity contribution >= 4 is 11.8 Å². The number of phenols is 1. The van der Waals surface area contributed by atoms with Crippen LogP contribution in [0.2, 0.25) is 0 Å². The van der Waals surface area contributed by atoms with Crippen molar-refractivity contribution in [2.24, 2.45) is 0 Å². The summed E-state index contributed by atoms with van der Waals surface area (Å²) in [6, 6.07) is 7.35. The van der Waals surface area contributed by atoms with E-state index in [1.54, 1.807) is 12.1 Å². The van der Waals surface area contributed by atoms with Crippen LogP contribution in [0, 0.1) is 0 Å². The van der Waals surface area contributed by atoms with E-state index in [0.717, 1.165) is 13.1 Å². The molecule has 0 aliphatic carbocycles. The first kappa shape index (κ1) is 12.4. The fraction of sp³-hybridized carbons (Fsp3) is 0.500. The van der Waals surface area contributed by atoms with Gasteiger partial charge in [0.25, 0.3) is 0 Å². The number of thioether (sulfide) groups is 1. The third-order valence-electron chi connectivity index (χ3n) is 2.22. The monoisotopic (exact) mass is 225 g/mol. The number of hydrogen-bond donors (Lipinski definition) is 2. The Morgan fingerprint density at radius 3 is 2.60 bits per heavy atom. The molecule has 0 radical (unpaired) electrons. The van der Waals surface area contributed by atoms with Crippen LogP contribution >= 0.6 is 11.8 Å². The Bertz CT molecular complexity index is 261. The molecule has 84 valence electrons. The normalized spacial score (nSPS) is 10.5. The lowest BCUT2D eigenvalue weighted by molar-refractivity contribution is 0.475. The quantitative estimate of drug-likeness (QED) is 0.700. The Morgan fingerprint density at radius 2 is 1.93 bits per heavy atom. The molecule has 3 heteroatoms. The van der Waals surface area contributed by atoms with Gasteiger partial charge in [0.2, 0.25) is 0 Å². The second-order valence-corrected chi connectivity index (χ2v) is 4.53. The van der Waals surface area contributed by atoms with Gasteiger partial charge in [-0.3, -0.25) is 0 Å². The molecule has 0 saturated carbocycles. The van der Waals surface area contributed by atoms with Crippen molar-refractivity contribution in [2.75, 3.05) is 18.6 Å². The maximum atomic E-state index is 9.10. The molecule has 0 saturated heterocycles. The van der Waals surface area contributed by atoms with Crippen molar-refractivity contribution < 1.29 is 5.11 Å². The molecule has 2 N–H and O–H groups in total. The fourth-order valence-corrected chi connectivity index (χ4v) is 1.84. The van der Waals surface area contributed by atoms with E-state index in [1.165, 1.54) is 24.2 Å². The third kappa shape index (κ3) is 5.70. The highest BCUT2D eigenvalue weighted by Gasteiger charge is 1.93. The number of rotatable bonds is 7. The molecule has 15 heavy (non-hydrogen) atoms. The highest BCUT2D eigenvalue weighted by Crippen LogP contribution is 2.09. The Morgan fingerprint density at radius 1 is 1.20 bits per heavy atom. The second-order valence-electron chi connectivity index (χ2n) is 3.54. The molecule has 1 aromatic rings. The summed E-state index contributed by atoms with van der Waals surface area (Å²) in [7, 11) is 0. The summed E-state index contributed by atoms with van der Waals surface area (Å²) in [5.74, 6) is 1.58. The van der Waals surface area contributed by atoms with Crippen LogP contribution in [-0.4, -0.2) is 23.7 Å². The molecule has 2 nitrogen and oxygen atoms in total. The Labute approximate surface area is 96.1 Å². The van der Waals surface area contributed by atoms with Crippen molar-refractivity contribution in [3.63, 3.8) is 0 Å². The summed E-state index contributed by atoms with van der Waals surface area (Å²) in [5.41, 5.74) is 1.22. The van der Waals surface area contributed by atoms with Gasteiger partial charge in [0.05, 0.1) is 0 Å². The Kier molecular flexibility index (Phi) is 6.28. The molecule has 0 atom stereocenters. The number of benzene rings is 1. The summed E-state index contributed by atoms with van der Waals surface area (Å²) in [4.78, 5) is 0. The maximum Gasteiger partial charge on any atom is 0.115 e. The molecule has 0 spiro atoms. The van der Waals surface area contributed by atoms with Gasteiger partial charge in [0, 0.05) is 6.54 Å². The first-order valence-corrected chi connectivity index (χ1v) is 6.70. The summed E-state index contributed by atoms with van der Waals surface area (Å²) < 4.78 is 0. The lowest BCUT2D eigenvalue weighted by atomic mass is 10.2. The van der Waals surface area contributed by atoms with Crippen LogP contribution < -0.4 is 5.32 Å². The number of phenolic OH excluding ortho intramolecular Hbond substituents is 1. The van der Waals surface area contributed by atoms with Gasteiger partial charge in [-0.05, 0) is 49.1 Å². The Balaban J connectivity index is 2.07. The molecule has 1 rings (SSSR count). The molecule has 0 bridgehead atoms. The maximum absolute atomic E-state index is 9.10. The van der Waals surface area contributed by atoms with Gasteiger partial charge in [-0.15, -0.1) is 0 Å². The molecular formula is C12H19NOS. The predicted molar refractivity (Wildman–Crippen MR) is 67.4 cm³/mol. The molecule has 0 aromatic heterocycles. The van der Waals surface area contributed by atoms with Crippen LogP contribution in [-0.2, 0) is 6.54 Å². The first-order valence-electron chi connectivity index (χ1n) is 5.30. The molecule has 0 aliphatic rings. The average Bonchev–Trinajstić information content (AvgIpc) is 2.26. The molecule has 0 unspecified atom stereocenters. The predicted octanol–water partition coefficient (Wildman–Crippen LogP) is 2.63. The molecular weight excluding hydrogens is 206 g/mol. The summed E-state index contributed by atoms with van der Waals surface area (Å²) >= 11 is 1.90. The van der Waals surface area contributed by atoms with Crippen molar-refractivity contribution in [2.45, 2.75) is 19.4 Å². The lowest BCUT2D eigenvalue weighted by Gasteiger charge is -2.04. The van der Waals surface area contributed by atoms with E-state index in [0.29, 0.717) is 5.75 Å². The standard InChI is InChI=1S/C12H19NOS/c1-15-9-3-2-8-13-10-11-4-6-12(14)7-5-11/h4-7,13-14H,2-3,8-10H2,1H3. The van der Waals surface area contributed by atoms with E-state index in [-0.39, 0.29) is 0 Å². The van der Waals surface area contributed by atoms with Gasteiger partial charge in [-0.25, -0.2) is 0 Å². The molecule has 1 aromatic carbocycles. The largest absolute Gasteiger partial charge is 0.508 e. The zero-order chi connectivity index (χ0) is 10.9. The van der Waals surface area contributed by atoms with Crippen molar-refractivity contribution in [1.29, 1.82) is 0 Å². The third-order valence-corrected chi connectivity index (χ3v) is 2.91. The van der Waals surface area contributed by atoms with Gasteiger partial charge in [-0.2, -0.15) is 11.8 Å². The SMILES string of the molecule is CSCCCCNCc1ccc(O)cc1. The topological polar surface area (TPSA) is 32.3 Å². The van der Waals surface area contributed by atoms with Gasteiger partial charge < -0.3 is 10.4 Å². The van der Waals surface area contributed by atoms with Gasteiger partial charge >= 0.3 is 0 Å². The number of unbranched alkanes of at least 4 members (excludes halogenated alkanes) is 1. The minimum atomic E-state index is 0.332. The zero-order valence-electron chi connectivity index (χ0n) is 9.20. The van der Waals surface area contributed by atoms with E-state index in [9.17, 15) is 0 Å². The summed E-state index contributed by atoms with van der Waals surface area (Å²) in [6.45, 7) is 1.96. The Hall–Kier alpha value is -0.670. The number of nitrogens with one attached hydrogen (secondary N) is 1. The molecule has 0 heterocycles. The van der Waals surface area contributed by atoms with E-state index in [1.807, 2.05) is 23.9 Å². The smallest absolute Gasteiger partial charge is 0.115 e. The van der Waals surface area contributed by atoms with Crippen LogP contribution in [0.4, 0.5) is 0 Å². The molecule has 0 aliphatic heterocycles. The van der Waals surface area contributed by atoms with Crippen molar-refractivity contribution in [3.8, 4) is 5.75 Å². The minimum Gasteiger partial charge on any atom is -0.508 e. The average molecular weight is 225 g/mol. The zero-order valence-corrected chi connectivity index (χ0v) is 10.0. The van der Waals surface area contributed by atoms with Crippen LogP contribution in [0.15, 0.2) is 24.3 Å². The first-order chi connectivity index (χ1) is 7.33. The highest BCUT2D eigenvalue weighted by molar-refractivity contribution is 7.98. The molecule has 0 amide bonds. The van der Waals surface area contributed by atoms with E-state index >= 15 is 0 Å². The van der Waals surface area contributed by atoms with Crippen LogP contribution in [0.1, 0.15) is 18.4 Å². The van der Waals surface area contributed by atoms with E-state index in [4.69, 9.17) is 5.11 Å². The van der Waals surface area contributed by atoms with Gasteiger partial charge in [-0.1, -0.05) is 12.1 Å². The van der Waals surface area contributed by atoms with Gasteiger partial charge in [0.1, 0.15) is 5.75 Å². The van der Waals surface area contributed by atoms with Crippen LogP contribution in [0.5, 0.6) is 5.75 Å². The highest BCUT2D eigenvalue weighted by atomic mass is 32.2. The lowest BCUT2D eigenvalue weighted by Crippen LogP contribution is -2.14. The van der Waals surface area contributed by atoms with Crippen LogP contribution in [0.3, 0.4) is 0 Å². The van der Waals surface area contributed by atoms with E-state index in [2.05, 4.69) is 11.6 Å². The summed E-state index contributed by atoms with van der Waals surface area (Å²) in [6.07, 6.45) is 4.66. The number of hydrogen-bond acceptors (Lipinski definition) is 3. The summed E-state index contributed by atoms with van der Waals surface area (Å²) in [5, 5.41) is 12.5. The fourth-order valence-electron chi connectivity index (χ4n) is 1.34. The van der Waals surface area contributed by atoms with E-state index < -0.39 is 0 Å². The van der Waals surface area contributed by atoms with Gasteiger partial charge in [0.15, 0.2) is 0 Å².